The van der Waals surface area contributed by atoms with E-state index in [9.17, 15) is 26.7 Å². The van der Waals surface area contributed by atoms with Crippen LogP contribution in [0.25, 0.3) is 0 Å². The third kappa shape index (κ3) is 5.18. The molecule has 0 saturated carbocycles. The molecule has 14 heteroatoms. The molecule has 9 nitrogen and oxygen atoms in total. The molecule has 4 N–H and O–H groups in total. The number of fused-ring (bicyclic) bond motifs is 3. The molecule has 2 saturated heterocycles. The smallest absolute Gasteiger partial charge is 0.421 e. The number of nitrogens with one attached hydrogen (secondary N) is 4. The van der Waals surface area contributed by atoms with E-state index < -0.39 is 30.1 Å². The highest BCUT2D eigenvalue weighted by Crippen LogP contribution is 2.38. The summed E-state index contributed by atoms with van der Waals surface area (Å²) in [7, 11) is 0. The number of halogens is 5. The number of aromatic nitrogens is 2. The second-order valence-electron chi connectivity index (χ2n) is 9.83. The Morgan fingerprint density at radius 1 is 1.05 bits per heavy atom. The fourth-order valence-electron chi connectivity index (χ4n) is 5.39. The summed E-state index contributed by atoms with van der Waals surface area (Å²) in [5.41, 5.74) is 0.551. The van der Waals surface area contributed by atoms with E-state index in [1.165, 1.54) is 18.2 Å². The van der Waals surface area contributed by atoms with E-state index in [0.717, 1.165) is 25.9 Å². The number of amides is 1. The number of carbonyl (C=O) groups excluding carboxylic acids is 1. The number of alkyl halides is 5. The standard InChI is InChI=1S/C26H24F5N7O2/c27-24(28)40-20-8-16(38-11-14-4-5-15(12-38)34-14)6-7-18(20)36-25-33-10-17(26(29,30)31)22(37-25)35-19-3-1-2-13-9-32-23(39)21(13)19/h1-3,6-8,10,14-15,24,34H,4-5,9,11-12H2,(H,32,39)(H2,33,35,36,37)/t14-,15+. The van der Waals surface area contributed by atoms with Crippen LogP contribution < -0.4 is 30.9 Å². The van der Waals surface area contributed by atoms with E-state index in [1.807, 2.05) is 0 Å². The van der Waals surface area contributed by atoms with Gasteiger partial charge in [-0.25, -0.2) is 4.98 Å². The maximum Gasteiger partial charge on any atom is 0.421 e. The molecule has 1 amide bonds. The molecule has 3 aliphatic heterocycles. The third-order valence-corrected chi connectivity index (χ3v) is 7.17. The summed E-state index contributed by atoms with van der Waals surface area (Å²) in [5, 5.41) is 11.5. The van der Waals surface area contributed by atoms with Crippen LogP contribution in [0.5, 0.6) is 5.75 Å². The fourth-order valence-corrected chi connectivity index (χ4v) is 5.39. The quantitative estimate of drug-likeness (QED) is 0.306. The van der Waals surface area contributed by atoms with Crippen LogP contribution in [0.1, 0.15) is 34.3 Å². The molecular weight excluding hydrogens is 537 g/mol. The molecule has 6 rings (SSSR count). The van der Waals surface area contributed by atoms with Crippen LogP contribution in [0.4, 0.5) is 50.8 Å². The average Bonchev–Trinajstić information content (AvgIpc) is 3.45. The Bertz CT molecular complexity index is 1440. The van der Waals surface area contributed by atoms with Crippen LogP contribution >= 0.6 is 0 Å². The van der Waals surface area contributed by atoms with Crippen LogP contribution in [-0.4, -0.2) is 47.7 Å². The molecule has 210 valence electrons. The number of nitrogens with zero attached hydrogens (tertiary/aromatic N) is 3. The van der Waals surface area contributed by atoms with Crippen molar-refractivity contribution in [1.82, 2.24) is 20.6 Å². The summed E-state index contributed by atoms with van der Waals surface area (Å²) in [6.45, 7) is -1.44. The molecule has 3 aliphatic rings. The Balaban J connectivity index is 1.31. The van der Waals surface area contributed by atoms with Crippen molar-refractivity contribution < 1.29 is 31.5 Å². The van der Waals surface area contributed by atoms with Gasteiger partial charge >= 0.3 is 12.8 Å². The Labute approximate surface area is 225 Å². The van der Waals surface area contributed by atoms with Gasteiger partial charge in [0, 0.05) is 49.7 Å². The molecule has 0 aliphatic carbocycles. The monoisotopic (exact) mass is 561 g/mol. The van der Waals surface area contributed by atoms with Crippen molar-refractivity contribution in [2.75, 3.05) is 28.6 Å². The largest absolute Gasteiger partial charge is 0.433 e. The predicted octanol–water partition coefficient (Wildman–Crippen LogP) is 4.77. The summed E-state index contributed by atoms with van der Waals surface area (Å²) < 4.78 is 72.8. The average molecular weight is 562 g/mol. The number of anilines is 5. The van der Waals surface area contributed by atoms with E-state index in [1.54, 1.807) is 18.2 Å². The summed E-state index contributed by atoms with van der Waals surface area (Å²) in [5.74, 6) is -1.53. The molecule has 0 unspecified atom stereocenters. The molecule has 40 heavy (non-hydrogen) atoms. The van der Waals surface area contributed by atoms with Crippen molar-refractivity contribution >= 4 is 34.7 Å². The lowest BCUT2D eigenvalue weighted by molar-refractivity contribution is -0.137. The molecule has 3 aromatic rings. The molecule has 1 aromatic heterocycles. The lowest BCUT2D eigenvalue weighted by atomic mass is 10.1. The first-order valence-corrected chi connectivity index (χ1v) is 12.6. The number of hydrogen-bond donors (Lipinski definition) is 4. The maximum absolute atomic E-state index is 13.8. The van der Waals surface area contributed by atoms with Gasteiger partial charge in [0.1, 0.15) is 11.4 Å². The summed E-state index contributed by atoms with van der Waals surface area (Å²) in [6.07, 6.45) is -2.15. The first kappa shape index (κ1) is 26.0. The number of carbonyl (C=O) groups is 1. The number of piperazine rings is 1. The number of benzene rings is 2. The molecule has 2 bridgehead atoms. The molecule has 0 radical (unpaired) electrons. The highest BCUT2D eigenvalue weighted by molar-refractivity contribution is 6.04. The number of hydrogen-bond acceptors (Lipinski definition) is 8. The zero-order valence-corrected chi connectivity index (χ0v) is 20.9. The van der Waals surface area contributed by atoms with Crippen LogP contribution in [0.15, 0.2) is 42.6 Å². The molecule has 2 aromatic carbocycles. The van der Waals surface area contributed by atoms with Crippen LogP contribution in [0, 0.1) is 0 Å². The minimum Gasteiger partial charge on any atom is -0.433 e. The van der Waals surface area contributed by atoms with Gasteiger partial charge in [-0.2, -0.15) is 26.9 Å². The van der Waals surface area contributed by atoms with Crippen molar-refractivity contribution in [3.63, 3.8) is 0 Å². The van der Waals surface area contributed by atoms with E-state index in [4.69, 9.17) is 4.74 Å². The molecule has 2 fully saturated rings. The maximum atomic E-state index is 13.8. The predicted molar refractivity (Wildman–Crippen MR) is 136 cm³/mol. The van der Waals surface area contributed by atoms with Gasteiger partial charge in [-0.05, 0) is 36.6 Å². The van der Waals surface area contributed by atoms with Gasteiger partial charge in [-0.15, -0.1) is 0 Å². The van der Waals surface area contributed by atoms with Gasteiger partial charge in [0.2, 0.25) is 5.95 Å². The number of rotatable bonds is 7. The van der Waals surface area contributed by atoms with Crippen LogP contribution in [-0.2, 0) is 12.7 Å². The summed E-state index contributed by atoms with van der Waals surface area (Å²) in [4.78, 5) is 22.1. The first-order chi connectivity index (χ1) is 19.1. The lowest BCUT2D eigenvalue weighted by Gasteiger charge is -2.35. The van der Waals surface area contributed by atoms with E-state index in [0.29, 0.717) is 29.5 Å². The minimum atomic E-state index is -4.81. The Morgan fingerprint density at radius 3 is 2.55 bits per heavy atom. The van der Waals surface area contributed by atoms with E-state index >= 15 is 0 Å². The van der Waals surface area contributed by atoms with Crippen LogP contribution in [0.3, 0.4) is 0 Å². The first-order valence-electron chi connectivity index (χ1n) is 12.6. The van der Waals surface area contributed by atoms with Crippen molar-refractivity contribution in [2.24, 2.45) is 0 Å². The second kappa shape index (κ2) is 10.1. The van der Waals surface area contributed by atoms with Gasteiger partial charge in [0.25, 0.3) is 5.91 Å². The normalized spacial score (nSPS) is 19.9. The SMILES string of the molecule is O=C1NCc2cccc(Nc3nc(Nc4ccc(N5C[C@H]6CC[C@@H](C5)N6)cc4OC(F)F)ncc3C(F)(F)F)c21. The molecule has 4 heterocycles. The third-order valence-electron chi connectivity index (χ3n) is 7.17. The van der Waals surface area contributed by atoms with Gasteiger partial charge in [0.05, 0.1) is 16.9 Å². The van der Waals surface area contributed by atoms with Crippen molar-refractivity contribution in [1.29, 1.82) is 0 Å². The van der Waals surface area contributed by atoms with Gasteiger partial charge in [-0.3, -0.25) is 4.79 Å². The minimum absolute atomic E-state index is 0.0489. The Kier molecular flexibility index (Phi) is 6.56. The van der Waals surface area contributed by atoms with Gasteiger partial charge in [0.15, 0.2) is 5.75 Å². The summed E-state index contributed by atoms with van der Waals surface area (Å²) in [6, 6.07) is 10.1. The highest BCUT2D eigenvalue weighted by atomic mass is 19.4. The zero-order chi connectivity index (χ0) is 28.0. The second-order valence-corrected chi connectivity index (χ2v) is 9.83. The van der Waals surface area contributed by atoms with Gasteiger partial charge in [-0.1, -0.05) is 12.1 Å². The molecule has 0 spiro atoms. The van der Waals surface area contributed by atoms with Crippen molar-refractivity contribution in [3.8, 4) is 5.75 Å². The van der Waals surface area contributed by atoms with Crippen molar-refractivity contribution in [2.45, 2.75) is 44.3 Å². The van der Waals surface area contributed by atoms with Gasteiger partial charge < -0.3 is 30.9 Å². The fraction of sp³-hybridized carbons (Fsp3) is 0.346. The lowest BCUT2D eigenvalue weighted by Crippen LogP contribution is -2.51. The zero-order valence-electron chi connectivity index (χ0n) is 20.9. The molecule has 2 atom stereocenters. The van der Waals surface area contributed by atoms with Crippen molar-refractivity contribution in [3.05, 3.63) is 59.3 Å². The topological polar surface area (TPSA) is 103 Å². The summed E-state index contributed by atoms with van der Waals surface area (Å²) >= 11 is 0. The highest BCUT2D eigenvalue weighted by Gasteiger charge is 2.36. The van der Waals surface area contributed by atoms with Crippen LogP contribution in [0.2, 0.25) is 0 Å². The number of ether oxygens (including phenoxy) is 1. The molecular formula is C26H24F5N7O2. The van der Waals surface area contributed by atoms with E-state index in [-0.39, 0.29) is 35.2 Å². The Morgan fingerprint density at radius 2 is 1.82 bits per heavy atom. The Hall–Kier alpha value is -4.20. The van der Waals surface area contributed by atoms with E-state index in [2.05, 4.69) is 36.1 Å².